The Morgan fingerprint density at radius 1 is 0.903 bits per heavy atom. The van der Waals surface area contributed by atoms with Crippen LogP contribution in [0.2, 0.25) is 0 Å². The number of nitriles is 1. The van der Waals surface area contributed by atoms with Crippen molar-refractivity contribution in [2.45, 2.75) is 44.7 Å². The minimum Gasteiger partial charge on any atom is -0.475 e. The van der Waals surface area contributed by atoms with Gasteiger partial charge in [0.15, 0.2) is 0 Å². The van der Waals surface area contributed by atoms with Crippen molar-refractivity contribution in [3.8, 4) is 6.07 Å². The number of alkyl halides is 3. The van der Waals surface area contributed by atoms with Gasteiger partial charge in [-0.25, -0.2) is 4.79 Å². The number of nitrogens with one attached hydrogen (secondary N) is 1. The maximum Gasteiger partial charge on any atom is 0.490 e. The normalized spacial score (nSPS) is 25.1. The van der Waals surface area contributed by atoms with E-state index in [0.29, 0.717) is 38.5 Å². The lowest BCUT2D eigenvalue weighted by molar-refractivity contribution is -0.192. The number of rotatable bonds is 1. The molecule has 31 heavy (non-hydrogen) atoms. The topological polar surface area (TPSA) is 114 Å². The number of halogens is 3. The molecule has 0 aliphatic carbocycles. The van der Waals surface area contributed by atoms with E-state index in [-0.39, 0.29) is 11.8 Å². The lowest BCUT2D eigenvalue weighted by atomic mass is 9.80. The third-order valence-corrected chi connectivity index (χ3v) is 6.20. The molecule has 3 rings (SSSR count). The number of hydrogen-bond acceptors (Lipinski definition) is 5. The van der Waals surface area contributed by atoms with Gasteiger partial charge in [-0.05, 0) is 63.5 Å². The van der Waals surface area contributed by atoms with Crippen molar-refractivity contribution in [1.82, 2.24) is 15.1 Å². The van der Waals surface area contributed by atoms with Crippen molar-refractivity contribution in [3.05, 3.63) is 0 Å². The van der Waals surface area contributed by atoms with Gasteiger partial charge < -0.3 is 20.2 Å². The number of amides is 2. The number of likely N-dealkylation sites (tertiary alicyclic amines) is 2. The van der Waals surface area contributed by atoms with Crippen LogP contribution in [0.1, 0.15) is 38.5 Å². The van der Waals surface area contributed by atoms with Crippen LogP contribution in [0.5, 0.6) is 0 Å². The molecule has 3 heterocycles. The number of carboxylic acid groups (broad SMARTS) is 1. The third-order valence-electron chi connectivity index (χ3n) is 6.20. The summed E-state index contributed by atoms with van der Waals surface area (Å²) in [5, 5.41) is 19.5. The molecule has 0 aromatic carbocycles. The smallest absolute Gasteiger partial charge is 0.475 e. The first kappa shape index (κ1) is 24.9. The fourth-order valence-corrected chi connectivity index (χ4v) is 4.41. The summed E-state index contributed by atoms with van der Waals surface area (Å²) in [4.78, 5) is 37.0. The first-order valence-electron chi connectivity index (χ1n) is 10.6. The summed E-state index contributed by atoms with van der Waals surface area (Å²) in [5.41, 5.74) is 0. The predicted molar refractivity (Wildman–Crippen MR) is 104 cm³/mol. The van der Waals surface area contributed by atoms with E-state index >= 15 is 0 Å². The average Bonchev–Trinajstić information content (AvgIpc) is 3.06. The Hall–Kier alpha value is -2.35. The number of carbonyl (C=O) groups is 3. The largest absolute Gasteiger partial charge is 0.490 e. The Bertz CT molecular complexity index is 679. The van der Waals surface area contributed by atoms with E-state index in [0.717, 1.165) is 31.8 Å². The second-order valence-corrected chi connectivity index (χ2v) is 8.24. The van der Waals surface area contributed by atoms with Crippen LogP contribution in [-0.4, -0.2) is 78.1 Å². The first-order valence-corrected chi connectivity index (χ1v) is 10.6. The first-order chi connectivity index (χ1) is 14.6. The second-order valence-electron chi connectivity index (χ2n) is 8.24. The van der Waals surface area contributed by atoms with Gasteiger partial charge in [0.25, 0.3) is 0 Å². The molecule has 3 fully saturated rings. The molecule has 3 aliphatic rings. The van der Waals surface area contributed by atoms with Gasteiger partial charge in [-0.1, -0.05) is 0 Å². The summed E-state index contributed by atoms with van der Waals surface area (Å²) in [6.45, 7) is 4.59. The fraction of sp³-hybridized carbons (Fsp3) is 0.800. The minimum absolute atomic E-state index is 0.115. The maximum absolute atomic E-state index is 12.5. The molecule has 0 aromatic rings. The molecule has 2 unspecified atom stereocenters. The van der Waals surface area contributed by atoms with Crippen molar-refractivity contribution in [3.63, 3.8) is 0 Å². The Kier molecular flexibility index (Phi) is 9.10. The van der Waals surface area contributed by atoms with E-state index in [4.69, 9.17) is 15.2 Å². The van der Waals surface area contributed by atoms with E-state index in [1.54, 1.807) is 9.80 Å². The number of aliphatic carboxylic acids is 1. The highest BCUT2D eigenvalue weighted by molar-refractivity contribution is 6.35. The SMILES string of the molecule is N#CC1CCN(C(=O)C(=O)N2CCC(C3CCCNCC3)CC2)C1.O=C(O)C(F)(F)F. The molecule has 0 bridgehead atoms. The molecule has 3 saturated heterocycles. The van der Waals surface area contributed by atoms with Crippen molar-refractivity contribution >= 4 is 17.8 Å². The zero-order valence-electron chi connectivity index (χ0n) is 17.4. The molecule has 0 spiro atoms. The van der Waals surface area contributed by atoms with Gasteiger partial charge in [0.1, 0.15) is 0 Å². The van der Waals surface area contributed by atoms with Crippen molar-refractivity contribution in [1.29, 1.82) is 5.26 Å². The molecule has 174 valence electrons. The van der Waals surface area contributed by atoms with Gasteiger partial charge in [0.2, 0.25) is 0 Å². The molecule has 2 atom stereocenters. The van der Waals surface area contributed by atoms with Gasteiger partial charge >= 0.3 is 24.0 Å². The molecule has 2 amide bonds. The standard InChI is InChI=1S/C18H28N4O2.C2HF3O2/c19-12-14-4-9-22(13-14)18(24)17(23)21-10-5-16(6-11-21)15-2-1-7-20-8-3-15;3-2(4,5)1(6)7/h14-16,20H,1-11,13H2;(H,6,7). The average molecular weight is 446 g/mol. The van der Waals surface area contributed by atoms with Crippen LogP contribution in [0.4, 0.5) is 13.2 Å². The molecule has 8 nitrogen and oxygen atoms in total. The van der Waals surface area contributed by atoms with E-state index in [1.807, 2.05) is 0 Å². The fourth-order valence-electron chi connectivity index (χ4n) is 4.41. The Balaban J connectivity index is 0.000000423. The Morgan fingerprint density at radius 3 is 2.00 bits per heavy atom. The van der Waals surface area contributed by atoms with Crippen LogP contribution in [0, 0.1) is 29.1 Å². The van der Waals surface area contributed by atoms with Crippen LogP contribution in [-0.2, 0) is 14.4 Å². The molecule has 11 heteroatoms. The van der Waals surface area contributed by atoms with E-state index in [2.05, 4.69) is 11.4 Å². The Labute approximate surface area is 179 Å². The summed E-state index contributed by atoms with van der Waals surface area (Å²) in [6.07, 6.45) is 1.41. The number of carboxylic acids is 1. The number of hydrogen-bond donors (Lipinski definition) is 2. The van der Waals surface area contributed by atoms with Gasteiger partial charge in [0, 0.05) is 26.2 Å². The molecular formula is C20H29F3N4O4. The van der Waals surface area contributed by atoms with E-state index in [1.165, 1.54) is 19.3 Å². The summed E-state index contributed by atoms with van der Waals surface area (Å²) in [6, 6.07) is 2.19. The predicted octanol–water partition coefficient (Wildman–Crippen LogP) is 1.62. The quantitative estimate of drug-likeness (QED) is 0.592. The van der Waals surface area contributed by atoms with Crippen molar-refractivity contribution in [2.75, 3.05) is 39.3 Å². The lowest BCUT2D eigenvalue weighted by Gasteiger charge is -2.36. The van der Waals surface area contributed by atoms with E-state index < -0.39 is 18.1 Å². The number of carbonyl (C=O) groups excluding carboxylic acids is 2. The molecule has 0 saturated carbocycles. The van der Waals surface area contributed by atoms with Crippen LogP contribution in [0.25, 0.3) is 0 Å². The van der Waals surface area contributed by atoms with E-state index in [9.17, 15) is 22.8 Å². The van der Waals surface area contributed by atoms with Crippen LogP contribution in [0.15, 0.2) is 0 Å². The summed E-state index contributed by atoms with van der Waals surface area (Å²) < 4.78 is 31.7. The van der Waals surface area contributed by atoms with Gasteiger partial charge in [-0.2, -0.15) is 18.4 Å². The lowest BCUT2D eigenvalue weighted by Crippen LogP contribution is -2.48. The summed E-state index contributed by atoms with van der Waals surface area (Å²) in [7, 11) is 0. The molecule has 2 N–H and O–H groups in total. The second kappa shape index (κ2) is 11.3. The summed E-state index contributed by atoms with van der Waals surface area (Å²) in [5.74, 6) is -2.19. The third kappa shape index (κ3) is 7.38. The van der Waals surface area contributed by atoms with Gasteiger partial charge in [-0.3, -0.25) is 9.59 Å². The van der Waals surface area contributed by atoms with Crippen LogP contribution >= 0.6 is 0 Å². The van der Waals surface area contributed by atoms with Crippen molar-refractivity contribution in [2.24, 2.45) is 17.8 Å². The number of nitrogens with zero attached hydrogens (tertiary/aromatic N) is 3. The highest BCUT2D eigenvalue weighted by Crippen LogP contribution is 2.31. The number of piperidine rings is 1. The zero-order valence-corrected chi connectivity index (χ0v) is 17.4. The molecule has 0 radical (unpaired) electrons. The highest BCUT2D eigenvalue weighted by Gasteiger charge is 2.38. The van der Waals surface area contributed by atoms with Gasteiger partial charge in [0.05, 0.1) is 12.0 Å². The monoisotopic (exact) mass is 446 g/mol. The van der Waals surface area contributed by atoms with Crippen LogP contribution in [0.3, 0.4) is 0 Å². The zero-order chi connectivity index (χ0) is 23.0. The Morgan fingerprint density at radius 2 is 1.45 bits per heavy atom. The molecular weight excluding hydrogens is 417 g/mol. The van der Waals surface area contributed by atoms with Gasteiger partial charge in [-0.15, -0.1) is 0 Å². The molecule has 0 aromatic heterocycles. The summed E-state index contributed by atoms with van der Waals surface area (Å²) >= 11 is 0. The maximum atomic E-state index is 12.5. The minimum atomic E-state index is -5.08. The molecule has 3 aliphatic heterocycles. The van der Waals surface area contributed by atoms with Crippen molar-refractivity contribution < 1.29 is 32.7 Å². The van der Waals surface area contributed by atoms with Crippen LogP contribution < -0.4 is 5.32 Å². The highest BCUT2D eigenvalue weighted by atomic mass is 19.4.